The van der Waals surface area contributed by atoms with Crippen molar-refractivity contribution in [2.75, 3.05) is 33.0 Å². The molecule has 0 saturated carbocycles. The number of ether oxygens (including phenoxy) is 4. The predicted molar refractivity (Wildman–Crippen MR) is 394 cm³/mol. The number of hydrogen-bond acceptors (Lipinski definition) is 6. The molecule has 0 aromatic heterocycles. The fourth-order valence-corrected chi connectivity index (χ4v) is 14.1. The summed E-state index contributed by atoms with van der Waals surface area (Å²) in [4.78, 5) is 13.7. The number of carbonyl (C=O) groups is 1. The van der Waals surface area contributed by atoms with Crippen LogP contribution in [-0.2, 0) is 17.6 Å². The van der Waals surface area contributed by atoms with Gasteiger partial charge in [0.1, 0.15) is 0 Å². The Labute approximate surface area is 755 Å². The summed E-state index contributed by atoms with van der Waals surface area (Å²) in [6.07, 6.45) is -43.4. The van der Waals surface area contributed by atoms with Crippen LogP contribution in [-0.4, -0.2) is 187 Å². The Hall–Kier alpha value is -9.68. The van der Waals surface area contributed by atoms with Gasteiger partial charge in [-0.15, -0.1) is 0 Å². The van der Waals surface area contributed by atoms with Gasteiger partial charge in [-0.3, -0.25) is 0 Å². The van der Waals surface area contributed by atoms with Crippen molar-refractivity contribution in [3.63, 3.8) is 0 Å². The maximum atomic E-state index is 14.9. The van der Waals surface area contributed by atoms with E-state index in [0.29, 0.717) is 10.9 Å². The molecule has 0 bridgehead atoms. The minimum Gasteiger partial charge on any atom is -0.490 e. The third kappa shape index (κ3) is 19.2. The molecule has 0 amide bonds. The number of aliphatic hydroxyl groups is 1. The Kier molecular flexibility index (Phi) is 30.8. The molecule has 0 aliphatic rings. The van der Waals surface area contributed by atoms with E-state index in [9.17, 15) is 229 Å². The minimum absolute atomic E-state index is 0.00434. The summed E-state index contributed by atoms with van der Waals surface area (Å²) >= 11 is 0. The lowest BCUT2D eigenvalue weighted by molar-refractivity contribution is -0.461. The second-order valence-electron chi connectivity index (χ2n) is 31.6. The van der Waals surface area contributed by atoms with Gasteiger partial charge in [-0.1, -0.05) is 109 Å². The molecule has 0 saturated heterocycles. The molecule has 0 radical (unpaired) electrons. The monoisotopic (exact) mass is 2130 g/mol. The second kappa shape index (κ2) is 38.5. The number of carbonyl (C=O) groups excluding carboxylic acids is 1. The molecule has 1 N–H and O–H groups in total. The number of hydrogen-bond donors (Lipinski definition) is 1. The predicted octanol–water partition coefficient (Wildman–Crippen LogP) is 31.8. The lowest BCUT2D eigenvalue weighted by atomic mass is 9.88. The van der Waals surface area contributed by atoms with E-state index in [0.717, 1.165) is 46.2 Å². The molecule has 0 unspecified atom stereocenters. The zero-order valence-corrected chi connectivity index (χ0v) is 69.0. The van der Waals surface area contributed by atoms with Gasteiger partial charge in [-0.05, 0) is 165 Å². The molecular weight excluding hydrogens is 2060 g/mol. The first-order chi connectivity index (χ1) is 65.2. The van der Waals surface area contributed by atoms with E-state index in [2.05, 4.69) is 54.6 Å². The van der Waals surface area contributed by atoms with Crippen LogP contribution in [0, 0.1) is 0 Å². The molecule has 140 heavy (non-hydrogen) atoms. The van der Waals surface area contributed by atoms with Gasteiger partial charge >= 0.3 is 149 Å². The Morgan fingerprint density at radius 2 is 0.479 bits per heavy atom. The van der Waals surface area contributed by atoms with E-state index in [1.807, 2.05) is 0 Å². The molecular formula is C83H65F51O6. The average Bonchev–Trinajstić information content (AvgIpc) is 0.699. The van der Waals surface area contributed by atoms with E-state index in [-0.39, 0.29) is 38.0 Å². The van der Waals surface area contributed by atoms with Crippen molar-refractivity contribution in [3.05, 3.63) is 138 Å². The summed E-state index contributed by atoms with van der Waals surface area (Å²) in [7, 11) is 0. The number of aliphatic hydroxyl groups excluding tert-OH is 1. The van der Waals surface area contributed by atoms with Crippen LogP contribution >= 0.6 is 0 Å². The lowest BCUT2D eigenvalue weighted by Crippen LogP contribution is -2.74. The van der Waals surface area contributed by atoms with Crippen molar-refractivity contribution in [3.8, 4) is 17.2 Å². The maximum Gasteiger partial charge on any atom is 0.460 e. The highest BCUT2D eigenvalue weighted by Gasteiger charge is 2.99. The standard InChI is InChI=1S/C63H43F51O5.C20H18O.2H2/c64-40(65,43(70,71)46(76,77)49(82,83)52(88,89)55(94,95)58(100,101)61(106,107)108)19-2-6-22-116-34-26-32(39(115)119-25-5-1-10-28-13-14-31-16-15-29-11-9-12-30-17-18-33(28)37(31)36(29)30)27-35(117-23-7-3-20-41(66,67)44(72,73)47(78,79)50(84,85)53(90,91)56(96,97)59(102,103)62(109,110)111)38(34)118-24-8-4-21-42(68,69)45(74,75)48(80,81)51(86,87)54(92,93)57(98,99)60(104,105)63(112,113)114;21-13-2-1-4-14-7-8-17-10-9-15-5-3-6-16-11-12-18(14)20(17)19(15)16;;/h9,11-18,26-27H,1-8,10,19-25H2;3,5-12,21H,1-2,4,13H2;2*1H/i;;2*1+1D. The fraction of sp³-hybridized carbons (Fsp3) is 0.530. The van der Waals surface area contributed by atoms with E-state index in [4.69, 9.17) is 30.0 Å². The highest BCUT2D eigenvalue weighted by molar-refractivity contribution is 6.24. The van der Waals surface area contributed by atoms with Crippen molar-refractivity contribution in [1.29, 1.82) is 0 Å². The molecule has 790 valence electrons. The quantitative estimate of drug-likeness (QED) is 0.0177. The topological polar surface area (TPSA) is 74.2 Å². The molecule has 0 aliphatic carbocycles. The van der Waals surface area contributed by atoms with E-state index >= 15 is 0 Å². The second-order valence-corrected chi connectivity index (χ2v) is 31.6. The zero-order valence-electron chi connectivity index (χ0n) is 73.0. The largest absolute Gasteiger partial charge is 0.490 e. The molecule has 9 aromatic carbocycles. The number of unbranched alkanes of at least 4 members (excludes halogenated alkanes) is 5. The van der Waals surface area contributed by atoms with Gasteiger partial charge in [0.2, 0.25) is 5.75 Å². The van der Waals surface area contributed by atoms with Gasteiger partial charge in [0.15, 0.2) is 11.5 Å². The third-order valence-corrected chi connectivity index (χ3v) is 22.2. The molecule has 0 fully saturated rings. The molecule has 57 heteroatoms. The van der Waals surface area contributed by atoms with Crippen molar-refractivity contribution in [2.24, 2.45) is 0 Å². The van der Waals surface area contributed by atoms with Crippen LogP contribution in [0.1, 0.15) is 111 Å². The fourth-order valence-electron chi connectivity index (χ4n) is 14.1. The number of rotatable bonds is 46. The van der Waals surface area contributed by atoms with E-state index in [1.165, 1.54) is 37.9 Å². The van der Waals surface area contributed by atoms with Gasteiger partial charge in [0.25, 0.3) is 0 Å². The van der Waals surface area contributed by atoms with Crippen LogP contribution in [0.25, 0.3) is 64.6 Å². The first kappa shape index (κ1) is 112. The first-order valence-electron chi connectivity index (χ1n) is 41.5. The molecule has 6 nitrogen and oxygen atoms in total. The first-order valence-corrected chi connectivity index (χ1v) is 39.5. The molecule has 0 atom stereocenters. The molecule has 9 aromatic rings. The van der Waals surface area contributed by atoms with Gasteiger partial charge in [-0.2, -0.15) is 224 Å². The van der Waals surface area contributed by atoms with E-state index < -0.39 is 256 Å². The summed E-state index contributed by atoms with van der Waals surface area (Å²) in [6, 6.07) is 35.7. The van der Waals surface area contributed by atoms with Crippen molar-refractivity contribution < 1.29 is 259 Å². The molecule has 0 aliphatic heterocycles. The average molecular weight is 2130 g/mol. The Morgan fingerprint density at radius 1 is 0.250 bits per heavy atom. The van der Waals surface area contributed by atoms with Gasteiger partial charge < -0.3 is 24.1 Å². The number of alkyl halides is 51. The number of aryl methyl sites for hydroxylation is 2. The SMILES string of the molecule is O=C(OCCCCc1ccc2ccc3cccc4ccc1c2c34)c1cc(OCCCCC(F)(F)C(F)(F)C(F)(F)C(F)(F)C(F)(F)C(F)(F)C(F)(F)C(F)(F)F)c(OCCCCC(F)(F)C(F)(F)C(F)(F)C(F)(F)C(F)(F)C(F)(F)C(F)(F)C(F)(F)F)c(OCCCCC(F)(F)C(F)(F)C(F)(F)C(F)(F)C(F)(F)C(F)(F)C(F)(F)C(F)(F)F)c1.OCCCCc1ccc2ccc3cccc4ccc1c2c34.[2H][2H].[2H][2H]. The van der Waals surface area contributed by atoms with Crippen molar-refractivity contribution in [1.82, 2.24) is 0 Å². The van der Waals surface area contributed by atoms with Crippen LogP contribution < -0.4 is 14.2 Å². The number of benzene rings is 9. The van der Waals surface area contributed by atoms with Gasteiger partial charge in [0.05, 0.1) is 32.0 Å². The van der Waals surface area contributed by atoms with Crippen LogP contribution in [0.15, 0.2) is 121 Å². The van der Waals surface area contributed by atoms with Crippen LogP contribution in [0.4, 0.5) is 224 Å². The van der Waals surface area contributed by atoms with Gasteiger partial charge in [0, 0.05) is 31.8 Å². The summed E-state index contributed by atoms with van der Waals surface area (Å²) in [5.74, 6) is -188. The summed E-state index contributed by atoms with van der Waals surface area (Å²) < 4.78 is 752. The van der Waals surface area contributed by atoms with E-state index in [1.54, 1.807) is 54.6 Å². The Balaban J connectivity index is 0.00000109. The molecule has 0 heterocycles. The number of esters is 1. The minimum atomic E-state index is -9.15. The smallest absolute Gasteiger partial charge is 0.460 e. The van der Waals surface area contributed by atoms with Crippen LogP contribution in [0.2, 0.25) is 0 Å². The summed E-state index contributed by atoms with van der Waals surface area (Å²) in [5.41, 5.74) is 0.723. The summed E-state index contributed by atoms with van der Waals surface area (Å²) in [5, 5.41) is 21.5. The van der Waals surface area contributed by atoms with Crippen LogP contribution in [0.3, 0.4) is 0 Å². The molecule has 9 rings (SSSR count). The number of halogens is 51. The van der Waals surface area contributed by atoms with Gasteiger partial charge in [-0.25, -0.2) is 4.79 Å². The lowest BCUT2D eigenvalue weighted by Gasteiger charge is -2.42. The zero-order chi connectivity index (χ0) is 111. The van der Waals surface area contributed by atoms with Crippen molar-refractivity contribution in [2.45, 2.75) is 239 Å². The Bertz CT molecular complexity index is 5640. The van der Waals surface area contributed by atoms with Crippen LogP contribution in [0.5, 0.6) is 17.2 Å². The third-order valence-electron chi connectivity index (χ3n) is 22.2. The normalized spacial score (nSPS) is 15.0. The highest BCUT2D eigenvalue weighted by atomic mass is 19.5. The van der Waals surface area contributed by atoms with Crippen molar-refractivity contribution >= 4 is 70.6 Å². The summed E-state index contributed by atoms with van der Waals surface area (Å²) in [6.45, 7) is -6.04. The maximum absolute atomic E-state index is 14.9. The Morgan fingerprint density at radius 3 is 0.750 bits per heavy atom. The molecule has 0 spiro atoms. The highest BCUT2D eigenvalue weighted by Crippen LogP contribution is 2.69.